The molecule has 1 amide bonds. The van der Waals surface area contributed by atoms with Crippen molar-refractivity contribution in [3.8, 4) is 0 Å². The smallest absolute Gasteiger partial charge is 0.335 e. The predicted octanol–water partition coefficient (Wildman–Crippen LogP) is -0.283. The Balaban J connectivity index is 2.70. The van der Waals surface area contributed by atoms with Crippen LogP contribution >= 0.6 is 0 Å². The van der Waals surface area contributed by atoms with E-state index in [1.807, 2.05) is 0 Å². The van der Waals surface area contributed by atoms with E-state index in [9.17, 15) is 9.59 Å². The van der Waals surface area contributed by atoms with Crippen LogP contribution in [0, 0.1) is 0 Å². The monoisotopic (exact) mass is 196 g/mol. The van der Waals surface area contributed by atoms with Gasteiger partial charge in [0.1, 0.15) is 6.26 Å². The van der Waals surface area contributed by atoms with Gasteiger partial charge < -0.3 is 15.5 Å². The molecule has 0 spiro atoms. The molecule has 0 saturated carbocycles. The Kier molecular flexibility index (Phi) is 3.41. The first-order valence-electron chi connectivity index (χ1n) is 4.23. The normalized spacial score (nSPS) is 12.1. The van der Waals surface area contributed by atoms with Gasteiger partial charge in [0.25, 0.3) is 5.91 Å². The Labute approximate surface area is 80.9 Å². The minimum absolute atomic E-state index is 0.102. The molecule has 1 aromatic rings. The van der Waals surface area contributed by atoms with Crippen LogP contribution in [0.2, 0.25) is 0 Å². The Morgan fingerprint density at radius 3 is 2.86 bits per heavy atom. The fourth-order valence-electron chi connectivity index (χ4n) is 0.853. The summed E-state index contributed by atoms with van der Waals surface area (Å²) in [5.41, 5.74) is 5.17. The Morgan fingerprint density at radius 2 is 2.36 bits per heavy atom. The van der Waals surface area contributed by atoms with Crippen molar-refractivity contribution in [1.82, 2.24) is 5.32 Å². The summed E-state index contributed by atoms with van der Waals surface area (Å²) in [4.78, 5) is 22.0. The SMILES string of the molecule is C[C@H](CN)NC(=O)c1ccc(=O)oc1. The Bertz CT molecular complexity index is 352. The van der Waals surface area contributed by atoms with Gasteiger partial charge in [0.2, 0.25) is 0 Å². The molecule has 1 heterocycles. The third-order valence-electron chi connectivity index (χ3n) is 1.69. The van der Waals surface area contributed by atoms with Gasteiger partial charge in [-0.15, -0.1) is 0 Å². The third-order valence-corrected chi connectivity index (χ3v) is 1.69. The zero-order valence-electron chi connectivity index (χ0n) is 7.82. The molecule has 14 heavy (non-hydrogen) atoms. The van der Waals surface area contributed by atoms with Gasteiger partial charge in [0, 0.05) is 18.7 Å². The molecule has 1 rings (SSSR count). The van der Waals surface area contributed by atoms with Gasteiger partial charge in [-0.1, -0.05) is 0 Å². The van der Waals surface area contributed by atoms with Crippen molar-refractivity contribution in [2.75, 3.05) is 6.54 Å². The van der Waals surface area contributed by atoms with Crippen molar-refractivity contribution >= 4 is 5.91 Å². The second-order valence-electron chi connectivity index (χ2n) is 2.95. The van der Waals surface area contributed by atoms with E-state index in [1.54, 1.807) is 6.92 Å². The van der Waals surface area contributed by atoms with Gasteiger partial charge in [-0.25, -0.2) is 4.79 Å². The van der Waals surface area contributed by atoms with E-state index in [2.05, 4.69) is 9.73 Å². The molecule has 0 fully saturated rings. The van der Waals surface area contributed by atoms with Crippen LogP contribution in [0.3, 0.4) is 0 Å². The zero-order valence-corrected chi connectivity index (χ0v) is 7.82. The fourth-order valence-corrected chi connectivity index (χ4v) is 0.853. The molecular formula is C9H12N2O3. The number of hydrogen-bond acceptors (Lipinski definition) is 4. The van der Waals surface area contributed by atoms with E-state index in [0.29, 0.717) is 12.1 Å². The molecule has 1 aromatic heterocycles. The predicted molar refractivity (Wildman–Crippen MR) is 51.0 cm³/mol. The van der Waals surface area contributed by atoms with Crippen LogP contribution < -0.4 is 16.7 Å². The van der Waals surface area contributed by atoms with Gasteiger partial charge in [-0.3, -0.25) is 4.79 Å². The number of carbonyl (C=O) groups excluding carboxylic acids is 1. The van der Waals surface area contributed by atoms with E-state index < -0.39 is 5.63 Å². The van der Waals surface area contributed by atoms with Gasteiger partial charge in [0.05, 0.1) is 5.56 Å². The van der Waals surface area contributed by atoms with Crippen LogP contribution in [0.25, 0.3) is 0 Å². The largest absolute Gasteiger partial charge is 0.430 e. The first-order chi connectivity index (χ1) is 6.63. The molecule has 1 atom stereocenters. The molecule has 3 N–H and O–H groups in total. The topological polar surface area (TPSA) is 85.3 Å². The Morgan fingerprint density at radius 1 is 1.64 bits per heavy atom. The molecular weight excluding hydrogens is 184 g/mol. The maximum Gasteiger partial charge on any atom is 0.335 e. The van der Waals surface area contributed by atoms with Crippen LogP contribution in [-0.2, 0) is 0 Å². The molecule has 0 aliphatic carbocycles. The second-order valence-corrected chi connectivity index (χ2v) is 2.95. The van der Waals surface area contributed by atoms with E-state index in [0.717, 1.165) is 6.26 Å². The van der Waals surface area contributed by atoms with Gasteiger partial charge in [0.15, 0.2) is 0 Å². The fraction of sp³-hybridized carbons (Fsp3) is 0.333. The lowest BCUT2D eigenvalue weighted by molar-refractivity contribution is 0.0939. The molecule has 0 aliphatic heterocycles. The summed E-state index contributed by atoms with van der Waals surface area (Å²) in [5, 5.41) is 2.64. The molecule has 0 aromatic carbocycles. The molecule has 0 saturated heterocycles. The molecule has 0 radical (unpaired) electrons. The first-order valence-corrected chi connectivity index (χ1v) is 4.23. The highest BCUT2D eigenvalue weighted by atomic mass is 16.4. The average Bonchev–Trinajstić information content (AvgIpc) is 2.18. The van der Waals surface area contributed by atoms with E-state index in [-0.39, 0.29) is 11.9 Å². The lowest BCUT2D eigenvalue weighted by Gasteiger charge is -2.10. The second kappa shape index (κ2) is 4.57. The summed E-state index contributed by atoms with van der Waals surface area (Å²) in [6.45, 7) is 2.15. The van der Waals surface area contributed by atoms with E-state index in [4.69, 9.17) is 5.73 Å². The molecule has 76 valence electrons. The van der Waals surface area contributed by atoms with Crippen LogP contribution in [0.4, 0.5) is 0 Å². The van der Waals surface area contributed by atoms with E-state index >= 15 is 0 Å². The summed E-state index contributed by atoms with van der Waals surface area (Å²) in [7, 11) is 0. The van der Waals surface area contributed by atoms with Crippen molar-refractivity contribution in [1.29, 1.82) is 0 Å². The van der Waals surface area contributed by atoms with Crippen molar-refractivity contribution in [2.24, 2.45) is 5.73 Å². The minimum atomic E-state index is -0.478. The highest BCUT2D eigenvalue weighted by Gasteiger charge is 2.08. The quantitative estimate of drug-likeness (QED) is 0.696. The zero-order chi connectivity index (χ0) is 10.6. The van der Waals surface area contributed by atoms with Gasteiger partial charge in [-0.05, 0) is 13.0 Å². The Hall–Kier alpha value is -1.62. The standard InChI is InChI=1S/C9H12N2O3/c1-6(4-10)11-9(13)7-2-3-8(12)14-5-7/h2-3,5-6H,4,10H2,1H3,(H,11,13)/t6-/m1/s1. The first kappa shape index (κ1) is 10.5. The highest BCUT2D eigenvalue weighted by molar-refractivity contribution is 5.93. The molecule has 0 aliphatic rings. The third kappa shape index (κ3) is 2.70. The van der Waals surface area contributed by atoms with Crippen LogP contribution in [0.5, 0.6) is 0 Å². The van der Waals surface area contributed by atoms with Crippen LogP contribution in [-0.4, -0.2) is 18.5 Å². The van der Waals surface area contributed by atoms with Gasteiger partial charge >= 0.3 is 5.63 Å². The number of carbonyl (C=O) groups is 1. The number of nitrogens with one attached hydrogen (secondary N) is 1. The summed E-state index contributed by atoms with van der Waals surface area (Å²) < 4.78 is 4.55. The maximum atomic E-state index is 11.4. The number of amides is 1. The number of nitrogens with two attached hydrogens (primary N) is 1. The molecule has 0 bridgehead atoms. The number of rotatable bonds is 3. The van der Waals surface area contributed by atoms with E-state index in [1.165, 1.54) is 12.1 Å². The lowest BCUT2D eigenvalue weighted by Crippen LogP contribution is -2.37. The van der Waals surface area contributed by atoms with Crippen LogP contribution in [0.1, 0.15) is 17.3 Å². The number of hydrogen-bond donors (Lipinski definition) is 2. The maximum absolute atomic E-state index is 11.4. The highest BCUT2D eigenvalue weighted by Crippen LogP contribution is 1.95. The van der Waals surface area contributed by atoms with Crippen molar-refractivity contribution in [3.05, 3.63) is 34.4 Å². The molecule has 5 nitrogen and oxygen atoms in total. The summed E-state index contributed by atoms with van der Waals surface area (Å²) in [6, 6.07) is 2.50. The molecule has 5 heteroatoms. The van der Waals surface area contributed by atoms with Gasteiger partial charge in [-0.2, -0.15) is 0 Å². The van der Waals surface area contributed by atoms with Crippen molar-refractivity contribution < 1.29 is 9.21 Å². The lowest BCUT2D eigenvalue weighted by atomic mass is 10.2. The summed E-state index contributed by atoms with van der Waals surface area (Å²) in [5.74, 6) is -0.299. The summed E-state index contributed by atoms with van der Waals surface area (Å²) in [6.07, 6.45) is 1.13. The van der Waals surface area contributed by atoms with Crippen LogP contribution in [0.15, 0.2) is 27.6 Å². The minimum Gasteiger partial charge on any atom is -0.430 e. The van der Waals surface area contributed by atoms with Crippen molar-refractivity contribution in [2.45, 2.75) is 13.0 Å². The molecule has 0 unspecified atom stereocenters. The average molecular weight is 196 g/mol. The van der Waals surface area contributed by atoms with Crippen molar-refractivity contribution in [3.63, 3.8) is 0 Å². The summed E-state index contributed by atoms with van der Waals surface area (Å²) >= 11 is 0.